The lowest BCUT2D eigenvalue weighted by molar-refractivity contribution is -0.0559. The number of piperidine rings is 1. The van der Waals surface area contributed by atoms with E-state index in [0.29, 0.717) is 37.7 Å². The molecule has 0 aliphatic carbocycles. The van der Waals surface area contributed by atoms with Gasteiger partial charge < -0.3 is 25.4 Å². The van der Waals surface area contributed by atoms with Gasteiger partial charge in [0, 0.05) is 55.9 Å². The summed E-state index contributed by atoms with van der Waals surface area (Å²) in [6.45, 7) is 4.56. The second-order valence-corrected chi connectivity index (χ2v) is 10.0. The number of likely N-dealkylation sites (tertiary alicyclic amines) is 1. The summed E-state index contributed by atoms with van der Waals surface area (Å²) in [7, 11) is 3.57. The van der Waals surface area contributed by atoms with Gasteiger partial charge in [-0.05, 0) is 63.3 Å². The summed E-state index contributed by atoms with van der Waals surface area (Å²) in [5.74, 6) is -0.0900. The number of hydrogen-bond acceptors (Lipinski definition) is 4. The highest BCUT2D eigenvalue weighted by atomic mass is 35.5. The van der Waals surface area contributed by atoms with Gasteiger partial charge >= 0.3 is 6.03 Å². The zero-order chi connectivity index (χ0) is 25.3. The summed E-state index contributed by atoms with van der Waals surface area (Å²) in [5, 5.41) is 19.3. The molecule has 0 aromatic heterocycles. The molecule has 1 aliphatic heterocycles. The number of nitrogens with one attached hydrogen (secondary N) is 2. The first kappa shape index (κ1) is 27.5. The molecule has 0 unspecified atom stereocenters. The Balaban J connectivity index is 1.93. The summed E-state index contributed by atoms with van der Waals surface area (Å²) in [6, 6.07) is 15.7. The largest absolute Gasteiger partial charge is 0.385 e. The van der Waals surface area contributed by atoms with Crippen LogP contribution in [0.3, 0.4) is 0 Å². The number of hydrogen-bond donors (Lipinski definition) is 3. The van der Waals surface area contributed by atoms with Crippen LogP contribution in [0.2, 0.25) is 5.02 Å². The van der Waals surface area contributed by atoms with Crippen molar-refractivity contribution in [3.63, 3.8) is 0 Å². The maximum atomic E-state index is 13.0. The summed E-state index contributed by atoms with van der Waals surface area (Å²) in [4.78, 5) is 14.9. The average Bonchev–Trinajstić information content (AvgIpc) is 2.87. The van der Waals surface area contributed by atoms with E-state index in [0.717, 1.165) is 42.4 Å². The monoisotopic (exact) mass is 501 g/mol. The van der Waals surface area contributed by atoms with Gasteiger partial charge in [0.1, 0.15) is 0 Å². The van der Waals surface area contributed by atoms with E-state index in [2.05, 4.69) is 10.6 Å². The normalized spacial score (nSPS) is 18.7. The minimum atomic E-state index is -1.10. The van der Waals surface area contributed by atoms with Gasteiger partial charge in [0.05, 0.1) is 5.60 Å². The number of benzene rings is 2. The maximum Gasteiger partial charge on any atom is 0.317 e. The zero-order valence-electron chi connectivity index (χ0n) is 21.2. The lowest BCUT2D eigenvalue weighted by Gasteiger charge is -2.44. The highest BCUT2D eigenvalue weighted by Gasteiger charge is 2.42. The Labute approximate surface area is 215 Å². The van der Waals surface area contributed by atoms with Crippen molar-refractivity contribution in [1.29, 1.82) is 0 Å². The van der Waals surface area contributed by atoms with Crippen LogP contribution in [-0.4, -0.2) is 62.5 Å². The molecule has 7 heteroatoms. The molecule has 1 heterocycles. The average molecular weight is 502 g/mol. The van der Waals surface area contributed by atoms with Crippen LogP contribution in [0.15, 0.2) is 48.5 Å². The molecule has 0 saturated carbocycles. The van der Waals surface area contributed by atoms with E-state index in [9.17, 15) is 9.90 Å². The number of urea groups is 1. The lowest BCUT2D eigenvalue weighted by atomic mass is 9.72. The van der Waals surface area contributed by atoms with E-state index < -0.39 is 5.60 Å². The van der Waals surface area contributed by atoms with Crippen LogP contribution in [0.1, 0.15) is 44.6 Å². The van der Waals surface area contributed by atoms with Crippen molar-refractivity contribution in [2.24, 2.45) is 5.92 Å². The van der Waals surface area contributed by atoms with Gasteiger partial charge in [-0.15, -0.1) is 0 Å². The third kappa shape index (κ3) is 6.98. The smallest absolute Gasteiger partial charge is 0.317 e. The van der Waals surface area contributed by atoms with Crippen LogP contribution in [0, 0.1) is 5.92 Å². The molecular formula is C28H40ClN3O3. The third-order valence-electron chi connectivity index (χ3n) is 6.98. The van der Waals surface area contributed by atoms with Gasteiger partial charge in [-0.25, -0.2) is 4.79 Å². The van der Waals surface area contributed by atoms with Gasteiger partial charge in [-0.2, -0.15) is 0 Å². The fourth-order valence-electron chi connectivity index (χ4n) is 5.19. The predicted molar refractivity (Wildman–Crippen MR) is 143 cm³/mol. The van der Waals surface area contributed by atoms with E-state index in [-0.39, 0.29) is 18.0 Å². The van der Waals surface area contributed by atoms with Gasteiger partial charge in [0.2, 0.25) is 0 Å². The molecule has 2 aromatic carbocycles. The van der Waals surface area contributed by atoms with Gasteiger partial charge in [-0.1, -0.05) is 54.1 Å². The lowest BCUT2D eigenvalue weighted by Crippen LogP contribution is -2.53. The first-order valence-electron chi connectivity index (χ1n) is 12.7. The molecule has 192 valence electrons. The molecule has 1 fully saturated rings. The molecule has 1 saturated heterocycles. The summed E-state index contributed by atoms with van der Waals surface area (Å²) in [5.41, 5.74) is 1.63. The second kappa shape index (κ2) is 13.3. The summed E-state index contributed by atoms with van der Waals surface area (Å²) >= 11 is 6.59. The van der Waals surface area contributed by atoms with Crippen molar-refractivity contribution in [3.8, 4) is 11.1 Å². The molecule has 6 nitrogen and oxygen atoms in total. The van der Waals surface area contributed by atoms with Crippen molar-refractivity contribution < 1.29 is 14.6 Å². The predicted octanol–water partition coefficient (Wildman–Crippen LogP) is 5.04. The van der Waals surface area contributed by atoms with Crippen LogP contribution in [0.25, 0.3) is 11.1 Å². The topological polar surface area (TPSA) is 73.8 Å². The molecule has 2 amide bonds. The second-order valence-electron chi connectivity index (χ2n) is 9.59. The van der Waals surface area contributed by atoms with E-state index in [1.165, 1.54) is 0 Å². The van der Waals surface area contributed by atoms with Crippen LogP contribution in [0.5, 0.6) is 0 Å². The Hall–Kier alpha value is -2.12. The van der Waals surface area contributed by atoms with Gasteiger partial charge in [0.15, 0.2) is 0 Å². The number of nitrogens with zero attached hydrogens (tertiary/aromatic N) is 1. The molecular weight excluding hydrogens is 462 g/mol. The van der Waals surface area contributed by atoms with Crippen molar-refractivity contribution in [3.05, 3.63) is 59.1 Å². The SMILES string of the molecule is CNC[C@H](C)NC(=O)N1CCC[C@@H]([C@@](O)(CCCCOC)c2ccccc2-c2ccccc2Cl)C1. The van der Waals surface area contributed by atoms with Crippen molar-refractivity contribution in [1.82, 2.24) is 15.5 Å². The molecule has 3 N–H and O–H groups in total. The number of aliphatic hydroxyl groups is 1. The molecule has 3 atom stereocenters. The summed E-state index contributed by atoms with van der Waals surface area (Å²) in [6.07, 6.45) is 3.99. The minimum absolute atomic E-state index is 0.0294. The summed E-state index contributed by atoms with van der Waals surface area (Å²) < 4.78 is 5.26. The molecule has 35 heavy (non-hydrogen) atoms. The Kier molecular flexibility index (Phi) is 10.4. The van der Waals surface area contributed by atoms with Gasteiger partial charge in [0.25, 0.3) is 0 Å². The Bertz CT molecular complexity index is 957. The first-order valence-corrected chi connectivity index (χ1v) is 13.0. The van der Waals surface area contributed by atoms with Crippen molar-refractivity contribution in [2.75, 3.05) is 40.4 Å². The number of rotatable bonds is 11. The Morgan fingerprint density at radius 2 is 1.91 bits per heavy atom. The minimum Gasteiger partial charge on any atom is -0.385 e. The van der Waals surface area contributed by atoms with Crippen LogP contribution in [0.4, 0.5) is 4.79 Å². The number of ether oxygens (including phenoxy) is 1. The quantitative estimate of drug-likeness (QED) is 0.377. The fraction of sp³-hybridized carbons (Fsp3) is 0.536. The van der Waals surface area contributed by atoms with Crippen LogP contribution in [-0.2, 0) is 10.3 Å². The van der Waals surface area contributed by atoms with Gasteiger partial charge in [-0.3, -0.25) is 0 Å². The number of carbonyl (C=O) groups excluding carboxylic acids is 1. The maximum absolute atomic E-state index is 13.0. The first-order chi connectivity index (χ1) is 16.9. The van der Waals surface area contributed by atoms with E-state index in [1.807, 2.05) is 67.4 Å². The van der Waals surface area contributed by atoms with Crippen molar-refractivity contribution in [2.45, 2.75) is 50.7 Å². The number of amides is 2. The standard InChI is InChI=1S/C28H40ClN3O3/c1-21(19-30-2)31-27(33)32-17-10-11-22(20-32)28(34,16-8-9-18-35-3)25-14-6-4-12-23(25)24-13-5-7-15-26(24)29/h4-7,12-15,21-22,30,34H,8-11,16-20H2,1-3H3,(H,31,33)/t21-,22+,28-/m0/s1. The molecule has 0 bridgehead atoms. The number of likely N-dealkylation sites (N-methyl/N-ethyl adjacent to an activating group) is 1. The molecule has 3 rings (SSSR count). The van der Waals surface area contributed by atoms with Crippen LogP contribution < -0.4 is 10.6 Å². The fourth-order valence-corrected chi connectivity index (χ4v) is 5.42. The number of halogens is 1. The third-order valence-corrected chi connectivity index (χ3v) is 7.31. The zero-order valence-corrected chi connectivity index (χ0v) is 22.0. The molecule has 0 spiro atoms. The molecule has 1 aliphatic rings. The Morgan fingerprint density at radius 1 is 1.20 bits per heavy atom. The van der Waals surface area contributed by atoms with E-state index >= 15 is 0 Å². The highest BCUT2D eigenvalue weighted by Crippen LogP contribution is 2.44. The van der Waals surface area contributed by atoms with E-state index in [1.54, 1.807) is 7.11 Å². The number of unbranched alkanes of at least 4 members (excludes halogenated alkanes) is 1. The van der Waals surface area contributed by atoms with Crippen LogP contribution >= 0.6 is 11.6 Å². The highest BCUT2D eigenvalue weighted by molar-refractivity contribution is 6.33. The number of methoxy groups -OCH3 is 1. The molecule has 2 aromatic rings. The van der Waals surface area contributed by atoms with Crippen molar-refractivity contribution >= 4 is 17.6 Å². The Morgan fingerprint density at radius 3 is 2.63 bits per heavy atom. The number of carbonyl (C=O) groups is 1. The van der Waals surface area contributed by atoms with E-state index in [4.69, 9.17) is 16.3 Å². The molecule has 0 radical (unpaired) electrons.